The fraction of sp³-hybridized carbons (Fsp3) is 0.121. The van der Waals surface area contributed by atoms with Crippen LogP contribution in [0, 0.1) is 6.92 Å². The van der Waals surface area contributed by atoms with Crippen LogP contribution < -0.4 is 10.1 Å². The molecule has 5 rings (SSSR count). The highest BCUT2D eigenvalue weighted by atomic mass is 35.5. The smallest absolute Gasteiger partial charge is 0.251 e. The zero-order valence-electron chi connectivity index (χ0n) is 21.4. The summed E-state index contributed by atoms with van der Waals surface area (Å²) in [5.74, 6) is 0.646. The number of hydrogen-bond donors (Lipinski definition) is 1. The van der Waals surface area contributed by atoms with Crippen LogP contribution in [0.5, 0.6) is 5.75 Å². The van der Waals surface area contributed by atoms with Gasteiger partial charge in [-0.2, -0.15) is 0 Å². The minimum absolute atomic E-state index is 0.0844. The van der Waals surface area contributed by atoms with Gasteiger partial charge in [-0.15, -0.1) is 0 Å². The van der Waals surface area contributed by atoms with Crippen LogP contribution in [0.3, 0.4) is 0 Å². The van der Waals surface area contributed by atoms with Gasteiger partial charge in [0.25, 0.3) is 5.91 Å². The average molecular weight is 521 g/mol. The number of ether oxygens (including phenoxy) is 1. The fourth-order valence-corrected chi connectivity index (χ4v) is 4.69. The quantitative estimate of drug-likeness (QED) is 0.224. The van der Waals surface area contributed by atoms with E-state index in [1.807, 2.05) is 110 Å². The molecule has 1 aromatic heterocycles. The summed E-state index contributed by atoms with van der Waals surface area (Å²) in [7, 11) is 0. The first kappa shape index (κ1) is 25.4. The number of rotatable bonds is 8. The summed E-state index contributed by atoms with van der Waals surface area (Å²) in [6.07, 6.45) is 0. The Balaban J connectivity index is 1.40. The van der Waals surface area contributed by atoms with Crippen molar-refractivity contribution in [3.05, 3.63) is 143 Å². The third-order valence-corrected chi connectivity index (χ3v) is 6.80. The molecule has 0 unspecified atom stereocenters. The number of nitrogens with zero attached hydrogens (tertiary/aromatic N) is 1. The number of carbonyl (C=O) groups excluding carboxylic acids is 1. The molecule has 38 heavy (non-hydrogen) atoms. The van der Waals surface area contributed by atoms with Gasteiger partial charge in [0.2, 0.25) is 0 Å². The maximum Gasteiger partial charge on any atom is 0.251 e. The molecular formula is C33H29ClN2O2. The second-order valence-electron chi connectivity index (χ2n) is 9.26. The lowest BCUT2D eigenvalue weighted by Gasteiger charge is -2.17. The number of hydrogen-bond acceptors (Lipinski definition) is 2. The van der Waals surface area contributed by atoms with E-state index in [1.165, 1.54) is 0 Å². The number of halogens is 1. The van der Waals surface area contributed by atoms with Crippen LogP contribution in [0.15, 0.2) is 115 Å². The normalized spacial score (nSPS) is 11.7. The van der Waals surface area contributed by atoms with E-state index in [1.54, 1.807) is 0 Å². The van der Waals surface area contributed by atoms with Gasteiger partial charge >= 0.3 is 0 Å². The molecule has 1 amide bonds. The number of carbonyl (C=O) groups is 1. The molecule has 0 aliphatic carbocycles. The molecule has 0 spiro atoms. The summed E-state index contributed by atoms with van der Waals surface area (Å²) >= 11 is 6.42. The zero-order valence-corrected chi connectivity index (χ0v) is 22.2. The van der Waals surface area contributed by atoms with Gasteiger partial charge in [-0.25, -0.2) is 0 Å². The van der Waals surface area contributed by atoms with E-state index in [2.05, 4.69) is 28.9 Å². The van der Waals surface area contributed by atoms with Crippen molar-refractivity contribution >= 4 is 17.5 Å². The topological polar surface area (TPSA) is 43.3 Å². The number of aromatic nitrogens is 1. The number of amides is 1. The second-order valence-corrected chi connectivity index (χ2v) is 9.70. The van der Waals surface area contributed by atoms with Gasteiger partial charge in [0.1, 0.15) is 12.4 Å². The Morgan fingerprint density at radius 3 is 2.26 bits per heavy atom. The lowest BCUT2D eigenvalue weighted by molar-refractivity contribution is 0.0940. The summed E-state index contributed by atoms with van der Waals surface area (Å²) in [5, 5.41) is 3.72. The molecule has 0 radical (unpaired) electrons. The molecule has 0 saturated carbocycles. The van der Waals surface area contributed by atoms with Crippen LogP contribution in [0.1, 0.15) is 40.1 Å². The van der Waals surface area contributed by atoms with Gasteiger partial charge in [0, 0.05) is 27.5 Å². The van der Waals surface area contributed by atoms with Crippen molar-refractivity contribution in [2.75, 3.05) is 0 Å². The molecule has 0 saturated heterocycles. The van der Waals surface area contributed by atoms with Crippen molar-refractivity contribution in [3.63, 3.8) is 0 Å². The molecule has 4 nitrogen and oxygen atoms in total. The third kappa shape index (κ3) is 5.66. The minimum Gasteiger partial charge on any atom is -0.488 e. The highest BCUT2D eigenvalue weighted by Gasteiger charge is 2.16. The van der Waals surface area contributed by atoms with Crippen molar-refractivity contribution in [1.82, 2.24) is 9.88 Å². The fourth-order valence-electron chi connectivity index (χ4n) is 4.52. The second kappa shape index (κ2) is 11.4. The Bertz CT molecular complexity index is 1530. The van der Waals surface area contributed by atoms with Crippen molar-refractivity contribution in [2.45, 2.75) is 26.5 Å². The van der Waals surface area contributed by atoms with E-state index in [4.69, 9.17) is 16.3 Å². The lowest BCUT2D eigenvalue weighted by atomic mass is 10.1. The Morgan fingerprint density at radius 2 is 1.55 bits per heavy atom. The molecule has 1 N–H and O–H groups in total. The number of nitrogens with one attached hydrogen (secondary N) is 1. The van der Waals surface area contributed by atoms with Crippen molar-refractivity contribution < 1.29 is 9.53 Å². The van der Waals surface area contributed by atoms with E-state index >= 15 is 0 Å². The van der Waals surface area contributed by atoms with Crippen molar-refractivity contribution in [2.24, 2.45) is 0 Å². The number of aryl methyl sites for hydroxylation is 1. The monoisotopic (exact) mass is 520 g/mol. The molecule has 0 aliphatic rings. The van der Waals surface area contributed by atoms with E-state index < -0.39 is 0 Å². The average Bonchev–Trinajstić information content (AvgIpc) is 3.34. The van der Waals surface area contributed by atoms with Gasteiger partial charge in [0.15, 0.2) is 0 Å². The molecule has 190 valence electrons. The Hall–Kier alpha value is -4.28. The summed E-state index contributed by atoms with van der Waals surface area (Å²) in [4.78, 5) is 12.9. The predicted octanol–water partition coefficient (Wildman–Crippen LogP) is 8.18. The third-order valence-electron chi connectivity index (χ3n) is 6.57. The summed E-state index contributed by atoms with van der Waals surface area (Å²) in [6, 6.07) is 37.4. The minimum atomic E-state index is -0.108. The molecule has 4 aromatic carbocycles. The first-order valence-electron chi connectivity index (χ1n) is 12.6. The van der Waals surface area contributed by atoms with Gasteiger partial charge < -0.3 is 14.6 Å². The van der Waals surface area contributed by atoms with Crippen LogP contribution >= 0.6 is 11.6 Å². The molecular weight excluding hydrogens is 492 g/mol. The van der Waals surface area contributed by atoms with E-state index in [9.17, 15) is 4.79 Å². The highest BCUT2D eigenvalue weighted by Crippen LogP contribution is 2.36. The van der Waals surface area contributed by atoms with Gasteiger partial charge in [-0.1, -0.05) is 72.3 Å². The number of benzene rings is 4. The summed E-state index contributed by atoms with van der Waals surface area (Å²) in [6.45, 7) is 4.50. The van der Waals surface area contributed by atoms with Gasteiger partial charge in [0.05, 0.1) is 11.7 Å². The van der Waals surface area contributed by atoms with E-state index in [0.717, 1.165) is 39.5 Å². The molecule has 1 heterocycles. The Labute approximate surface area is 228 Å². The lowest BCUT2D eigenvalue weighted by Crippen LogP contribution is -2.26. The van der Waals surface area contributed by atoms with E-state index in [-0.39, 0.29) is 11.9 Å². The first-order valence-corrected chi connectivity index (χ1v) is 13.0. The summed E-state index contributed by atoms with van der Waals surface area (Å²) < 4.78 is 8.38. The maximum atomic E-state index is 12.9. The Morgan fingerprint density at radius 1 is 0.868 bits per heavy atom. The zero-order chi connectivity index (χ0) is 26.5. The molecule has 0 bridgehead atoms. The van der Waals surface area contributed by atoms with Crippen LogP contribution in [0.4, 0.5) is 0 Å². The van der Waals surface area contributed by atoms with Crippen LogP contribution in [-0.2, 0) is 6.61 Å². The molecule has 1 atom stereocenters. The first-order chi connectivity index (χ1) is 18.5. The summed E-state index contributed by atoms with van der Waals surface area (Å²) in [5.41, 5.74) is 6.64. The molecule has 0 fully saturated rings. The van der Waals surface area contributed by atoms with Crippen LogP contribution in [-0.4, -0.2) is 10.5 Å². The van der Waals surface area contributed by atoms with Crippen molar-refractivity contribution in [1.29, 1.82) is 0 Å². The largest absolute Gasteiger partial charge is 0.488 e. The highest BCUT2D eigenvalue weighted by molar-refractivity contribution is 6.31. The predicted molar refractivity (Wildman–Crippen MR) is 154 cm³/mol. The molecule has 0 aliphatic heterocycles. The van der Waals surface area contributed by atoms with Crippen molar-refractivity contribution in [3.8, 4) is 22.7 Å². The maximum absolute atomic E-state index is 12.9. The van der Waals surface area contributed by atoms with Crippen LogP contribution in [0.2, 0.25) is 5.02 Å². The Kier molecular flexibility index (Phi) is 7.62. The van der Waals surface area contributed by atoms with Crippen LogP contribution in [0.25, 0.3) is 16.9 Å². The SMILES string of the molecule is Cc1ccc(-c2cc(Cl)ccc2OCc2ccccc2)n1-c1ccc(C(=O)N[C@H](C)c2ccccc2)cc1. The van der Waals surface area contributed by atoms with E-state index in [0.29, 0.717) is 17.2 Å². The molecule has 5 aromatic rings. The standard InChI is InChI=1S/C33H29ClN2O2/c1-23-13-19-31(30-21-28(34)16-20-32(30)38-22-25-9-5-3-6-10-25)36(23)29-17-14-27(15-18-29)33(37)35-24(2)26-11-7-4-8-12-26/h3-21,24H,22H2,1-2H3,(H,35,37)/t24-/m1/s1. The van der Waals surface area contributed by atoms with Gasteiger partial charge in [-0.05, 0) is 79.6 Å². The molecule has 5 heteroatoms. The van der Waals surface area contributed by atoms with Gasteiger partial charge in [-0.3, -0.25) is 4.79 Å².